The van der Waals surface area contributed by atoms with E-state index in [0.717, 1.165) is 18.2 Å². The summed E-state index contributed by atoms with van der Waals surface area (Å²) in [4.78, 5) is 12.2. The first-order chi connectivity index (χ1) is 11.2. The third-order valence-electron chi connectivity index (χ3n) is 3.42. The Morgan fingerprint density at radius 3 is 1.96 bits per heavy atom. The van der Waals surface area contributed by atoms with Gasteiger partial charge < -0.3 is 40.2 Å². The Kier molecular flexibility index (Phi) is 3.08. The molecule has 9 heteroatoms. The lowest BCUT2D eigenvalue weighted by Gasteiger charge is -2.10. The Labute approximate surface area is 132 Å². The normalized spacial score (nSPS) is 11.0. The van der Waals surface area contributed by atoms with E-state index in [0.29, 0.717) is 0 Å². The van der Waals surface area contributed by atoms with Crippen molar-refractivity contribution in [3.63, 3.8) is 0 Å². The van der Waals surface area contributed by atoms with Crippen LogP contribution in [0.1, 0.15) is 0 Å². The minimum Gasteiger partial charge on any atom is -0.507 e. The molecule has 0 fully saturated rings. The quantitative estimate of drug-likeness (QED) is 0.256. The van der Waals surface area contributed by atoms with Gasteiger partial charge in [-0.25, -0.2) is 0 Å². The second-order valence-corrected chi connectivity index (χ2v) is 4.93. The van der Waals surface area contributed by atoms with Gasteiger partial charge in [0.1, 0.15) is 16.7 Å². The molecule has 1 aromatic heterocycles. The molecule has 7 N–H and O–H groups in total. The van der Waals surface area contributed by atoms with Crippen molar-refractivity contribution in [2.75, 3.05) is 0 Å². The fraction of sp³-hybridized carbons (Fsp3) is 0. The SMILES string of the molecule is O=c1c(O)c(-c2cc(O)c(O)cc2O)oc2cc(O)c(O)c(O)c12. The van der Waals surface area contributed by atoms with Crippen molar-refractivity contribution in [3.05, 3.63) is 28.4 Å². The van der Waals surface area contributed by atoms with Crippen molar-refractivity contribution in [1.29, 1.82) is 0 Å². The number of benzene rings is 2. The van der Waals surface area contributed by atoms with Crippen LogP contribution in [-0.2, 0) is 0 Å². The topological polar surface area (TPSA) is 172 Å². The molecule has 9 nitrogen and oxygen atoms in total. The maximum Gasteiger partial charge on any atom is 0.238 e. The molecule has 0 aliphatic rings. The molecule has 124 valence electrons. The van der Waals surface area contributed by atoms with Crippen molar-refractivity contribution in [3.8, 4) is 51.6 Å². The van der Waals surface area contributed by atoms with Gasteiger partial charge >= 0.3 is 0 Å². The van der Waals surface area contributed by atoms with E-state index in [4.69, 9.17) is 4.42 Å². The number of rotatable bonds is 1. The van der Waals surface area contributed by atoms with Gasteiger partial charge in [-0.2, -0.15) is 0 Å². The third kappa shape index (κ3) is 1.99. The lowest BCUT2D eigenvalue weighted by Crippen LogP contribution is -2.03. The number of aromatic hydroxyl groups is 7. The van der Waals surface area contributed by atoms with Gasteiger partial charge in [-0.05, 0) is 6.07 Å². The summed E-state index contributed by atoms with van der Waals surface area (Å²) in [6, 6.07) is 2.43. The minimum absolute atomic E-state index is 0.325. The molecule has 3 rings (SSSR count). The summed E-state index contributed by atoms with van der Waals surface area (Å²) in [6.07, 6.45) is 0. The summed E-state index contributed by atoms with van der Waals surface area (Å²) in [5.41, 5.74) is -1.87. The van der Waals surface area contributed by atoms with E-state index in [1.165, 1.54) is 0 Å². The predicted octanol–water partition coefficient (Wildman–Crippen LogP) is 1.40. The van der Waals surface area contributed by atoms with Gasteiger partial charge in [0, 0.05) is 12.1 Å². The first kappa shape index (κ1) is 15.2. The molecule has 0 saturated carbocycles. The van der Waals surface area contributed by atoms with E-state index >= 15 is 0 Å². The largest absolute Gasteiger partial charge is 0.507 e. The van der Waals surface area contributed by atoms with Crippen molar-refractivity contribution in [2.45, 2.75) is 0 Å². The Morgan fingerprint density at radius 2 is 1.29 bits per heavy atom. The first-order valence-electron chi connectivity index (χ1n) is 6.41. The van der Waals surface area contributed by atoms with E-state index in [9.17, 15) is 40.5 Å². The fourth-order valence-electron chi connectivity index (χ4n) is 2.23. The highest BCUT2D eigenvalue weighted by Crippen LogP contribution is 2.45. The lowest BCUT2D eigenvalue weighted by atomic mass is 10.1. The summed E-state index contributed by atoms with van der Waals surface area (Å²) in [5.74, 6) is -6.24. The van der Waals surface area contributed by atoms with E-state index in [1.54, 1.807) is 0 Å². The van der Waals surface area contributed by atoms with Crippen LogP contribution in [0.2, 0.25) is 0 Å². The lowest BCUT2D eigenvalue weighted by molar-refractivity contribution is 0.369. The monoisotopic (exact) mass is 334 g/mol. The van der Waals surface area contributed by atoms with Crippen LogP contribution in [0.3, 0.4) is 0 Å². The average Bonchev–Trinajstić information content (AvgIpc) is 2.52. The van der Waals surface area contributed by atoms with Crippen LogP contribution in [0.5, 0.6) is 40.2 Å². The zero-order chi connectivity index (χ0) is 17.8. The molecule has 0 spiro atoms. The van der Waals surface area contributed by atoms with E-state index in [1.807, 2.05) is 0 Å². The third-order valence-corrected chi connectivity index (χ3v) is 3.42. The van der Waals surface area contributed by atoms with Gasteiger partial charge in [-0.3, -0.25) is 4.79 Å². The molecule has 1 heterocycles. The summed E-state index contributed by atoms with van der Waals surface area (Å²) in [5, 5.41) is 66.7. The van der Waals surface area contributed by atoms with Gasteiger partial charge in [0.05, 0.1) is 5.56 Å². The number of fused-ring (bicyclic) bond motifs is 1. The van der Waals surface area contributed by atoms with Crippen LogP contribution in [-0.4, -0.2) is 35.7 Å². The molecule has 0 radical (unpaired) electrons. The molecule has 0 saturated heterocycles. The van der Waals surface area contributed by atoms with Gasteiger partial charge in [0.2, 0.25) is 16.9 Å². The standard InChI is InChI=1S/C15H10O9/c16-5-2-7(18)6(17)1-4(5)15-14(23)13(22)10-9(24-15)3-8(19)11(20)12(10)21/h1-3,16-21,23H. The summed E-state index contributed by atoms with van der Waals surface area (Å²) in [7, 11) is 0. The van der Waals surface area contributed by atoms with Gasteiger partial charge in [0.15, 0.2) is 28.8 Å². The smallest absolute Gasteiger partial charge is 0.238 e. The predicted molar refractivity (Wildman–Crippen MR) is 79.6 cm³/mol. The molecule has 24 heavy (non-hydrogen) atoms. The molecular weight excluding hydrogens is 324 g/mol. The molecule has 2 aromatic carbocycles. The molecule has 3 aromatic rings. The number of phenols is 6. The fourth-order valence-corrected chi connectivity index (χ4v) is 2.23. The Balaban J connectivity index is 2.44. The summed E-state index contributed by atoms with van der Waals surface area (Å²) in [6.45, 7) is 0. The van der Waals surface area contributed by atoms with Gasteiger partial charge in [-0.1, -0.05) is 0 Å². The van der Waals surface area contributed by atoms with Crippen molar-refractivity contribution >= 4 is 11.0 Å². The van der Waals surface area contributed by atoms with Gasteiger partial charge in [-0.15, -0.1) is 0 Å². The Hall–Kier alpha value is -3.75. The van der Waals surface area contributed by atoms with E-state index in [2.05, 4.69) is 0 Å². The number of hydrogen-bond acceptors (Lipinski definition) is 9. The molecule has 0 bridgehead atoms. The van der Waals surface area contributed by atoms with Crippen molar-refractivity contribution in [1.82, 2.24) is 0 Å². The van der Waals surface area contributed by atoms with Crippen LogP contribution >= 0.6 is 0 Å². The Bertz CT molecular complexity index is 1050. The molecule has 0 aliphatic heterocycles. The van der Waals surface area contributed by atoms with E-state index < -0.39 is 62.4 Å². The number of hydrogen-bond donors (Lipinski definition) is 7. The van der Waals surface area contributed by atoms with Crippen molar-refractivity contribution in [2.24, 2.45) is 0 Å². The van der Waals surface area contributed by atoms with E-state index in [-0.39, 0.29) is 5.56 Å². The maximum atomic E-state index is 12.2. The molecule has 0 atom stereocenters. The molecule has 0 amide bonds. The zero-order valence-corrected chi connectivity index (χ0v) is 11.7. The van der Waals surface area contributed by atoms with Crippen molar-refractivity contribution < 1.29 is 40.2 Å². The highest BCUT2D eigenvalue weighted by atomic mass is 16.4. The maximum absolute atomic E-state index is 12.2. The highest BCUT2D eigenvalue weighted by Gasteiger charge is 2.24. The second-order valence-electron chi connectivity index (χ2n) is 4.93. The van der Waals surface area contributed by atoms with Crippen LogP contribution in [0, 0.1) is 0 Å². The van der Waals surface area contributed by atoms with Crippen LogP contribution in [0.15, 0.2) is 27.4 Å². The van der Waals surface area contributed by atoms with Crippen LogP contribution in [0.25, 0.3) is 22.3 Å². The van der Waals surface area contributed by atoms with Crippen LogP contribution < -0.4 is 5.43 Å². The van der Waals surface area contributed by atoms with Gasteiger partial charge in [0.25, 0.3) is 0 Å². The summed E-state index contributed by atoms with van der Waals surface area (Å²) >= 11 is 0. The Morgan fingerprint density at radius 1 is 0.667 bits per heavy atom. The van der Waals surface area contributed by atoms with Crippen LogP contribution in [0.4, 0.5) is 0 Å². The number of phenolic OH excluding ortho intramolecular Hbond substituents is 6. The first-order valence-corrected chi connectivity index (χ1v) is 6.41. The minimum atomic E-state index is -1.15. The molecular formula is C15H10O9. The zero-order valence-electron chi connectivity index (χ0n) is 11.7. The average molecular weight is 334 g/mol. The summed E-state index contributed by atoms with van der Waals surface area (Å²) < 4.78 is 5.22. The molecule has 0 unspecified atom stereocenters. The highest BCUT2D eigenvalue weighted by molar-refractivity contribution is 5.91. The molecule has 0 aliphatic carbocycles. The second kappa shape index (κ2) is 4.88.